The molecule has 0 aliphatic rings. The molecule has 2 aromatic carbocycles. The molecule has 0 saturated heterocycles. The number of ether oxygens (including phenoxy) is 2. The van der Waals surface area contributed by atoms with Crippen LogP contribution in [-0.2, 0) is 6.54 Å². The highest BCUT2D eigenvalue weighted by Crippen LogP contribution is 2.24. The molecule has 0 radical (unpaired) electrons. The highest BCUT2D eigenvalue weighted by atomic mass is 16.5. The van der Waals surface area contributed by atoms with Crippen molar-refractivity contribution in [1.29, 1.82) is 0 Å². The van der Waals surface area contributed by atoms with E-state index in [2.05, 4.69) is 20.6 Å². The number of nitrogens with one attached hydrogen (secondary N) is 2. The van der Waals surface area contributed by atoms with Gasteiger partial charge >= 0.3 is 0 Å². The Hall–Kier alpha value is -3.61. The third-order valence-corrected chi connectivity index (χ3v) is 3.87. The number of hydrogen-bond donors (Lipinski definition) is 2. The number of aromatic nitrogens is 2. The number of carbonyl (C=O) groups is 1. The zero-order chi connectivity index (χ0) is 19.1. The monoisotopic (exact) mass is 364 g/mol. The van der Waals surface area contributed by atoms with Crippen molar-refractivity contribution in [3.63, 3.8) is 0 Å². The predicted molar refractivity (Wildman–Crippen MR) is 102 cm³/mol. The Balaban J connectivity index is 1.69. The lowest BCUT2D eigenvalue weighted by atomic mass is 10.1. The van der Waals surface area contributed by atoms with Gasteiger partial charge in [0, 0.05) is 35.8 Å². The van der Waals surface area contributed by atoms with Gasteiger partial charge in [-0.3, -0.25) is 4.79 Å². The van der Waals surface area contributed by atoms with Gasteiger partial charge in [0.25, 0.3) is 5.91 Å². The van der Waals surface area contributed by atoms with Gasteiger partial charge in [0.2, 0.25) is 5.95 Å². The number of methoxy groups -OCH3 is 2. The Morgan fingerprint density at radius 3 is 2.56 bits per heavy atom. The molecule has 0 bridgehead atoms. The first-order valence-electron chi connectivity index (χ1n) is 8.33. The van der Waals surface area contributed by atoms with Gasteiger partial charge in [-0.2, -0.15) is 0 Å². The van der Waals surface area contributed by atoms with Crippen molar-refractivity contribution in [3.05, 3.63) is 72.1 Å². The molecule has 2 N–H and O–H groups in total. The van der Waals surface area contributed by atoms with E-state index < -0.39 is 0 Å². The summed E-state index contributed by atoms with van der Waals surface area (Å²) in [7, 11) is 3.19. The molecule has 3 aromatic rings. The molecule has 1 amide bonds. The summed E-state index contributed by atoms with van der Waals surface area (Å²) >= 11 is 0. The Morgan fingerprint density at radius 2 is 1.81 bits per heavy atom. The number of benzene rings is 2. The number of hydrogen-bond acceptors (Lipinski definition) is 6. The van der Waals surface area contributed by atoms with Gasteiger partial charge in [-0.15, -0.1) is 0 Å². The first-order valence-corrected chi connectivity index (χ1v) is 8.33. The number of amides is 1. The van der Waals surface area contributed by atoms with Crippen LogP contribution < -0.4 is 20.1 Å². The van der Waals surface area contributed by atoms with E-state index in [-0.39, 0.29) is 5.91 Å². The summed E-state index contributed by atoms with van der Waals surface area (Å²) in [6, 6.07) is 14.3. The minimum atomic E-state index is -0.197. The quantitative estimate of drug-likeness (QED) is 0.670. The van der Waals surface area contributed by atoms with E-state index in [1.54, 1.807) is 50.9 Å². The first kappa shape index (κ1) is 18.2. The summed E-state index contributed by atoms with van der Waals surface area (Å²) in [5.74, 6) is 1.66. The Labute approximate surface area is 157 Å². The summed E-state index contributed by atoms with van der Waals surface area (Å²) in [6.45, 7) is 0.318. The van der Waals surface area contributed by atoms with E-state index in [9.17, 15) is 4.79 Å². The molecule has 3 rings (SSSR count). The van der Waals surface area contributed by atoms with Gasteiger partial charge < -0.3 is 20.1 Å². The maximum atomic E-state index is 12.5. The molecule has 0 saturated carbocycles. The normalized spacial score (nSPS) is 10.1. The van der Waals surface area contributed by atoms with Gasteiger partial charge in [-0.1, -0.05) is 6.07 Å². The molecule has 138 valence electrons. The van der Waals surface area contributed by atoms with Gasteiger partial charge in [0.1, 0.15) is 11.5 Å². The van der Waals surface area contributed by atoms with Crippen LogP contribution in [0.2, 0.25) is 0 Å². The van der Waals surface area contributed by atoms with E-state index in [1.165, 1.54) is 0 Å². The third kappa shape index (κ3) is 4.72. The average molecular weight is 364 g/mol. The molecule has 1 heterocycles. The zero-order valence-corrected chi connectivity index (χ0v) is 15.1. The largest absolute Gasteiger partial charge is 0.497 e. The van der Waals surface area contributed by atoms with Crippen LogP contribution >= 0.6 is 0 Å². The van der Waals surface area contributed by atoms with Gasteiger partial charge in [-0.25, -0.2) is 9.97 Å². The number of nitrogens with zero attached hydrogens (tertiary/aromatic N) is 2. The zero-order valence-electron chi connectivity index (χ0n) is 15.1. The van der Waals surface area contributed by atoms with Gasteiger partial charge in [-0.05, 0) is 42.5 Å². The molecular formula is C20H20N4O3. The summed E-state index contributed by atoms with van der Waals surface area (Å²) in [5, 5.41) is 5.97. The van der Waals surface area contributed by atoms with Crippen LogP contribution in [0.15, 0.2) is 60.9 Å². The predicted octanol–water partition coefficient (Wildman–Crippen LogP) is 3.17. The number of carbonyl (C=O) groups excluding carboxylic acids is 1. The third-order valence-electron chi connectivity index (χ3n) is 3.87. The Bertz CT molecular complexity index is 916. The minimum Gasteiger partial charge on any atom is -0.497 e. The van der Waals surface area contributed by atoms with Crippen molar-refractivity contribution in [2.45, 2.75) is 6.54 Å². The first-order chi connectivity index (χ1) is 13.2. The maximum absolute atomic E-state index is 12.5. The molecule has 27 heavy (non-hydrogen) atoms. The lowest BCUT2D eigenvalue weighted by Crippen LogP contribution is -2.23. The van der Waals surface area contributed by atoms with Crippen molar-refractivity contribution in [3.8, 4) is 11.5 Å². The van der Waals surface area contributed by atoms with Gasteiger partial charge in [0.15, 0.2) is 0 Å². The highest BCUT2D eigenvalue weighted by Gasteiger charge is 2.10. The smallest absolute Gasteiger partial charge is 0.251 e. The average Bonchev–Trinajstić information content (AvgIpc) is 2.72. The van der Waals surface area contributed by atoms with E-state index in [4.69, 9.17) is 9.47 Å². The summed E-state index contributed by atoms with van der Waals surface area (Å²) in [6.07, 6.45) is 3.29. The van der Waals surface area contributed by atoms with E-state index >= 15 is 0 Å². The van der Waals surface area contributed by atoms with Crippen molar-refractivity contribution in [1.82, 2.24) is 15.3 Å². The fourth-order valence-corrected chi connectivity index (χ4v) is 2.53. The van der Waals surface area contributed by atoms with E-state index in [1.807, 2.05) is 24.3 Å². The van der Waals surface area contributed by atoms with Crippen LogP contribution in [0.25, 0.3) is 0 Å². The molecule has 7 heteroatoms. The lowest BCUT2D eigenvalue weighted by molar-refractivity contribution is 0.0950. The molecular weight excluding hydrogens is 344 g/mol. The summed E-state index contributed by atoms with van der Waals surface area (Å²) < 4.78 is 10.6. The van der Waals surface area contributed by atoms with Crippen LogP contribution in [0.5, 0.6) is 11.5 Å². The maximum Gasteiger partial charge on any atom is 0.251 e. The van der Waals surface area contributed by atoms with Crippen molar-refractivity contribution < 1.29 is 14.3 Å². The second-order valence-electron chi connectivity index (χ2n) is 5.64. The second-order valence-corrected chi connectivity index (χ2v) is 5.64. The van der Waals surface area contributed by atoms with Crippen molar-refractivity contribution in [2.75, 3.05) is 19.5 Å². The lowest BCUT2D eigenvalue weighted by Gasteiger charge is -2.12. The van der Waals surface area contributed by atoms with Gasteiger partial charge in [0.05, 0.1) is 14.2 Å². The fraction of sp³-hybridized carbons (Fsp3) is 0.150. The highest BCUT2D eigenvalue weighted by molar-refractivity contribution is 5.95. The molecule has 0 atom stereocenters. The molecule has 0 unspecified atom stereocenters. The summed E-state index contributed by atoms with van der Waals surface area (Å²) in [5.41, 5.74) is 2.09. The van der Waals surface area contributed by atoms with Crippen LogP contribution in [-0.4, -0.2) is 30.1 Å². The fourth-order valence-electron chi connectivity index (χ4n) is 2.53. The molecule has 0 aliphatic heterocycles. The molecule has 0 spiro atoms. The molecule has 7 nitrogen and oxygen atoms in total. The SMILES string of the molecule is COc1ccc(OC)c(CNC(=O)c2cccc(Nc3ncccn3)c2)c1. The van der Waals surface area contributed by atoms with Crippen LogP contribution in [0.4, 0.5) is 11.6 Å². The minimum absolute atomic E-state index is 0.197. The molecule has 0 aliphatic carbocycles. The van der Waals surface area contributed by atoms with E-state index in [0.29, 0.717) is 29.6 Å². The molecule has 1 aromatic heterocycles. The topological polar surface area (TPSA) is 85.4 Å². The number of rotatable bonds is 7. The Morgan fingerprint density at radius 1 is 1.00 bits per heavy atom. The summed E-state index contributed by atoms with van der Waals surface area (Å²) in [4.78, 5) is 20.8. The second kappa shape index (κ2) is 8.66. The Kier molecular flexibility index (Phi) is 5.84. The van der Waals surface area contributed by atoms with Crippen LogP contribution in [0, 0.1) is 0 Å². The van der Waals surface area contributed by atoms with E-state index in [0.717, 1.165) is 11.3 Å². The standard InChI is InChI=1S/C20H20N4O3/c1-26-17-7-8-18(27-2)15(12-17)13-23-19(25)14-5-3-6-16(11-14)24-20-21-9-4-10-22-20/h3-12H,13H2,1-2H3,(H,23,25)(H,21,22,24). The van der Waals surface area contributed by atoms with Crippen LogP contribution in [0.3, 0.4) is 0 Å². The van der Waals surface area contributed by atoms with Crippen molar-refractivity contribution in [2.24, 2.45) is 0 Å². The molecule has 0 fully saturated rings. The number of anilines is 2. The van der Waals surface area contributed by atoms with Crippen LogP contribution in [0.1, 0.15) is 15.9 Å². The van der Waals surface area contributed by atoms with Crippen molar-refractivity contribution >= 4 is 17.5 Å².